The molecule has 0 radical (unpaired) electrons. The predicted octanol–water partition coefficient (Wildman–Crippen LogP) is 4.82. The van der Waals surface area contributed by atoms with Gasteiger partial charge in [0.1, 0.15) is 11.5 Å². The van der Waals surface area contributed by atoms with E-state index in [-0.39, 0.29) is 5.54 Å². The largest absolute Gasteiger partial charge is 0.497 e. The number of rotatable bonds is 4. The zero-order valence-corrected chi connectivity index (χ0v) is 15.1. The molecule has 24 heavy (non-hydrogen) atoms. The highest BCUT2D eigenvalue weighted by Crippen LogP contribution is 2.41. The Morgan fingerprint density at radius 1 is 1.12 bits per heavy atom. The van der Waals surface area contributed by atoms with Crippen LogP contribution in [0.1, 0.15) is 44.4 Å². The Morgan fingerprint density at radius 3 is 2.54 bits per heavy atom. The summed E-state index contributed by atoms with van der Waals surface area (Å²) in [6, 6.07) is 17.1. The molecule has 0 saturated carbocycles. The van der Waals surface area contributed by atoms with Gasteiger partial charge in [0, 0.05) is 30.1 Å². The average molecular weight is 325 g/mol. The molecular formula is C21H27NO2. The van der Waals surface area contributed by atoms with E-state index in [9.17, 15) is 0 Å². The molecule has 0 aliphatic carbocycles. The van der Waals surface area contributed by atoms with Gasteiger partial charge in [0.2, 0.25) is 0 Å². The summed E-state index contributed by atoms with van der Waals surface area (Å²) in [6.45, 7) is 8.53. The standard InChI is InChI=1S/C21H27NO2/c1-21(2,3)22(15-16-8-6-5-7-9-16)19-12-13-24-20-11-10-17(23-4)14-18(19)20/h5-11,14,19H,12-13,15H2,1-4H3. The van der Waals surface area contributed by atoms with Crippen LogP contribution in [0.5, 0.6) is 11.5 Å². The van der Waals surface area contributed by atoms with Crippen molar-refractivity contribution in [2.24, 2.45) is 0 Å². The van der Waals surface area contributed by atoms with Crippen molar-refractivity contribution in [3.05, 3.63) is 59.7 Å². The van der Waals surface area contributed by atoms with Crippen molar-refractivity contribution in [3.8, 4) is 11.5 Å². The topological polar surface area (TPSA) is 21.7 Å². The van der Waals surface area contributed by atoms with E-state index in [1.807, 2.05) is 12.1 Å². The van der Waals surface area contributed by atoms with Gasteiger partial charge in [-0.2, -0.15) is 0 Å². The summed E-state index contributed by atoms with van der Waals surface area (Å²) >= 11 is 0. The fourth-order valence-corrected chi connectivity index (χ4v) is 3.40. The fourth-order valence-electron chi connectivity index (χ4n) is 3.40. The molecule has 1 aliphatic heterocycles. The van der Waals surface area contributed by atoms with E-state index >= 15 is 0 Å². The highest BCUT2D eigenvalue weighted by Gasteiger charge is 2.34. The van der Waals surface area contributed by atoms with Crippen molar-refractivity contribution in [1.82, 2.24) is 4.90 Å². The molecule has 128 valence electrons. The van der Waals surface area contributed by atoms with Gasteiger partial charge in [-0.3, -0.25) is 4.90 Å². The van der Waals surface area contributed by atoms with Crippen molar-refractivity contribution < 1.29 is 9.47 Å². The minimum atomic E-state index is 0.0538. The molecule has 0 amide bonds. The number of fused-ring (bicyclic) bond motifs is 1. The van der Waals surface area contributed by atoms with Crippen molar-refractivity contribution in [3.63, 3.8) is 0 Å². The van der Waals surface area contributed by atoms with E-state index in [0.29, 0.717) is 6.04 Å². The van der Waals surface area contributed by atoms with Gasteiger partial charge in [-0.15, -0.1) is 0 Å². The van der Waals surface area contributed by atoms with Crippen LogP contribution in [0.3, 0.4) is 0 Å². The smallest absolute Gasteiger partial charge is 0.124 e. The normalized spacial score (nSPS) is 17.3. The quantitative estimate of drug-likeness (QED) is 0.804. The van der Waals surface area contributed by atoms with Gasteiger partial charge in [0.05, 0.1) is 13.7 Å². The minimum absolute atomic E-state index is 0.0538. The Balaban J connectivity index is 1.97. The van der Waals surface area contributed by atoms with Gasteiger partial charge in [-0.1, -0.05) is 30.3 Å². The van der Waals surface area contributed by atoms with Crippen LogP contribution in [-0.2, 0) is 6.54 Å². The molecule has 3 rings (SSSR count). The van der Waals surface area contributed by atoms with E-state index in [1.165, 1.54) is 11.1 Å². The third-order valence-corrected chi connectivity index (χ3v) is 4.66. The Bertz CT molecular complexity index is 676. The van der Waals surface area contributed by atoms with Crippen LogP contribution in [0.2, 0.25) is 0 Å². The second kappa shape index (κ2) is 6.86. The molecule has 0 saturated heterocycles. The predicted molar refractivity (Wildman–Crippen MR) is 97.6 cm³/mol. The van der Waals surface area contributed by atoms with Crippen molar-refractivity contribution >= 4 is 0 Å². The van der Waals surface area contributed by atoms with Crippen LogP contribution in [0, 0.1) is 0 Å². The summed E-state index contributed by atoms with van der Waals surface area (Å²) in [5.41, 5.74) is 2.62. The maximum absolute atomic E-state index is 5.88. The first-order chi connectivity index (χ1) is 11.5. The Morgan fingerprint density at radius 2 is 1.88 bits per heavy atom. The Labute approximate surface area is 145 Å². The van der Waals surface area contributed by atoms with E-state index in [1.54, 1.807) is 7.11 Å². The van der Waals surface area contributed by atoms with Gasteiger partial charge in [0.15, 0.2) is 0 Å². The summed E-state index contributed by atoms with van der Waals surface area (Å²) in [7, 11) is 1.71. The molecule has 0 N–H and O–H groups in total. The van der Waals surface area contributed by atoms with E-state index in [4.69, 9.17) is 9.47 Å². The summed E-state index contributed by atoms with van der Waals surface area (Å²) in [5.74, 6) is 1.87. The molecule has 0 bridgehead atoms. The Hall–Kier alpha value is -2.00. The summed E-state index contributed by atoms with van der Waals surface area (Å²) in [6.07, 6.45) is 0.990. The minimum Gasteiger partial charge on any atom is -0.497 e. The Kier molecular flexibility index (Phi) is 4.81. The first-order valence-corrected chi connectivity index (χ1v) is 8.60. The zero-order chi connectivity index (χ0) is 17.2. The second-order valence-electron chi connectivity index (χ2n) is 7.34. The lowest BCUT2D eigenvalue weighted by Gasteiger charge is -2.44. The summed E-state index contributed by atoms with van der Waals surface area (Å²) < 4.78 is 11.3. The molecule has 0 aromatic heterocycles. The number of nitrogens with zero attached hydrogens (tertiary/aromatic N) is 1. The zero-order valence-electron chi connectivity index (χ0n) is 15.1. The second-order valence-corrected chi connectivity index (χ2v) is 7.34. The number of hydrogen-bond acceptors (Lipinski definition) is 3. The molecule has 0 spiro atoms. The first kappa shape index (κ1) is 16.8. The number of benzene rings is 2. The van der Waals surface area contributed by atoms with Crippen LogP contribution in [0.25, 0.3) is 0 Å². The molecule has 1 atom stereocenters. The molecule has 2 aromatic rings. The average Bonchev–Trinajstić information content (AvgIpc) is 2.59. The van der Waals surface area contributed by atoms with Crippen LogP contribution >= 0.6 is 0 Å². The van der Waals surface area contributed by atoms with Gasteiger partial charge >= 0.3 is 0 Å². The van der Waals surface area contributed by atoms with E-state index in [2.05, 4.69) is 62.1 Å². The fraction of sp³-hybridized carbons (Fsp3) is 0.429. The van der Waals surface area contributed by atoms with Crippen molar-refractivity contribution in [2.75, 3.05) is 13.7 Å². The number of ether oxygens (including phenoxy) is 2. The lowest BCUT2D eigenvalue weighted by Crippen LogP contribution is -2.44. The maximum atomic E-state index is 5.88. The van der Waals surface area contributed by atoms with Crippen LogP contribution in [0.15, 0.2) is 48.5 Å². The highest BCUT2D eigenvalue weighted by molar-refractivity contribution is 5.43. The lowest BCUT2D eigenvalue weighted by atomic mass is 9.92. The van der Waals surface area contributed by atoms with Gasteiger partial charge < -0.3 is 9.47 Å². The first-order valence-electron chi connectivity index (χ1n) is 8.60. The molecule has 0 fully saturated rings. The summed E-state index contributed by atoms with van der Waals surface area (Å²) in [4.78, 5) is 2.57. The van der Waals surface area contributed by atoms with Crippen molar-refractivity contribution in [2.45, 2.75) is 45.3 Å². The summed E-state index contributed by atoms with van der Waals surface area (Å²) in [5, 5.41) is 0. The van der Waals surface area contributed by atoms with Gasteiger partial charge in [-0.05, 0) is 44.5 Å². The maximum Gasteiger partial charge on any atom is 0.124 e. The molecule has 2 aromatic carbocycles. The molecule has 3 heteroatoms. The molecule has 1 unspecified atom stereocenters. The monoisotopic (exact) mass is 325 g/mol. The third-order valence-electron chi connectivity index (χ3n) is 4.66. The lowest BCUT2D eigenvalue weighted by molar-refractivity contribution is 0.0477. The SMILES string of the molecule is COc1ccc2c(c1)C(N(Cc1ccccc1)C(C)(C)C)CCO2. The molecule has 1 heterocycles. The highest BCUT2D eigenvalue weighted by atomic mass is 16.5. The molecular weight excluding hydrogens is 298 g/mol. The van der Waals surface area contributed by atoms with E-state index < -0.39 is 0 Å². The van der Waals surface area contributed by atoms with Crippen molar-refractivity contribution in [1.29, 1.82) is 0 Å². The van der Waals surface area contributed by atoms with Crippen LogP contribution in [0.4, 0.5) is 0 Å². The molecule has 3 nitrogen and oxygen atoms in total. The van der Waals surface area contributed by atoms with E-state index in [0.717, 1.165) is 31.1 Å². The van der Waals surface area contributed by atoms with Gasteiger partial charge in [0.25, 0.3) is 0 Å². The van der Waals surface area contributed by atoms with Crippen LogP contribution in [-0.4, -0.2) is 24.2 Å². The third kappa shape index (κ3) is 3.57. The van der Waals surface area contributed by atoms with Crippen LogP contribution < -0.4 is 9.47 Å². The number of methoxy groups -OCH3 is 1. The number of hydrogen-bond donors (Lipinski definition) is 0. The van der Waals surface area contributed by atoms with Gasteiger partial charge in [-0.25, -0.2) is 0 Å². The molecule has 1 aliphatic rings.